The van der Waals surface area contributed by atoms with Gasteiger partial charge in [-0.2, -0.15) is 5.26 Å². The lowest BCUT2D eigenvalue weighted by Gasteiger charge is -2.13. The third kappa shape index (κ3) is 2.49. The predicted octanol–water partition coefficient (Wildman–Crippen LogP) is 0.118. The lowest BCUT2D eigenvalue weighted by atomic mass is 10.1. The minimum Gasteiger partial charge on any atom is -0.375 e. The van der Waals surface area contributed by atoms with Crippen molar-refractivity contribution in [2.45, 2.75) is 0 Å². The second kappa shape index (κ2) is 4.50. The Balaban J connectivity index is 3.02. The van der Waals surface area contributed by atoms with Crippen LogP contribution in [0.25, 0.3) is 0 Å². The Morgan fingerprint density at radius 3 is 2.73 bits per heavy atom. The van der Waals surface area contributed by atoms with Crippen molar-refractivity contribution in [1.29, 1.82) is 5.26 Å². The zero-order valence-electron chi connectivity index (χ0n) is 7.68. The average Bonchev–Trinajstić information content (AvgIpc) is 2.27. The Morgan fingerprint density at radius 1 is 1.53 bits per heavy atom. The van der Waals surface area contributed by atoms with Gasteiger partial charge in [0.05, 0.1) is 11.6 Å². The molecule has 0 saturated carbocycles. The number of carbonyl (C=O) groups excluding carboxylic acids is 1. The number of hydrogen-bond donors (Lipinski definition) is 2. The van der Waals surface area contributed by atoms with Crippen molar-refractivity contribution in [3.8, 4) is 6.07 Å². The molecule has 6 heteroatoms. The van der Waals surface area contributed by atoms with Gasteiger partial charge in [0.25, 0.3) is 5.91 Å². The van der Waals surface area contributed by atoms with E-state index in [1.165, 1.54) is 12.1 Å². The maximum absolute atomic E-state index is 11.6. The fraction of sp³-hybridized carbons (Fsp3) is 0. The average molecular weight is 220 g/mol. The van der Waals surface area contributed by atoms with Crippen LogP contribution in [0, 0.1) is 11.3 Å². The fourth-order valence-electron chi connectivity index (χ4n) is 0.961. The molecular weight excluding hydrogens is 212 g/mol. The van der Waals surface area contributed by atoms with Gasteiger partial charge in [-0.15, -0.1) is 0 Å². The molecule has 0 aliphatic heterocycles. The molecule has 0 saturated heterocycles. The van der Waals surface area contributed by atoms with Crippen molar-refractivity contribution in [3.63, 3.8) is 0 Å². The molecule has 1 aromatic carbocycles. The van der Waals surface area contributed by atoms with Crippen molar-refractivity contribution < 1.29 is 4.79 Å². The second-order valence-corrected chi connectivity index (χ2v) is 3.12. The van der Waals surface area contributed by atoms with E-state index in [4.69, 9.17) is 16.8 Å². The molecule has 4 N–H and O–H groups in total. The summed E-state index contributed by atoms with van der Waals surface area (Å²) < 4.78 is 0. The highest BCUT2D eigenvalue weighted by atomic mass is 32.1. The first-order chi connectivity index (χ1) is 7.06. The summed E-state index contributed by atoms with van der Waals surface area (Å²) in [5, 5.41) is 9.07. The molecule has 0 aliphatic rings. The first-order valence-corrected chi connectivity index (χ1v) is 4.36. The van der Waals surface area contributed by atoms with E-state index in [2.05, 4.69) is 12.2 Å². The van der Waals surface area contributed by atoms with E-state index in [0.29, 0.717) is 10.6 Å². The summed E-state index contributed by atoms with van der Waals surface area (Å²) in [6, 6.07) is 8.03. The van der Waals surface area contributed by atoms with Gasteiger partial charge in [0.15, 0.2) is 5.11 Å². The van der Waals surface area contributed by atoms with Crippen molar-refractivity contribution in [2.75, 3.05) is 0 Å². The van der Waals surface area contributed by atoms with E-state index in [0.717, 1.165) is 0 Å². The minimum absolute atomic E-state index is 0.220. The molecule has 1 rings (SSSR count). The van der Waals surface area contributed by atoms with Gasteiger partial charge in [-0.05, 0) is 30.4 Å². The Labute approximate surface area is 91.8 Å². The standard InChI is InChI=1S/C9H8N4OS/c10-5-6-2-1-3-7(4-6)8(14)13(12)9(11)15/h1-4H,12H2,(H2,11,15). The van der Waals surface area contributed by atoms with Crippen LogP contribution >= 0.6 is 12.2 Å². The molecule has 0 spiro atoms. The van der Waals surface area contributed by atoms with E-state index in [-0.39, 0.29) is 10.7 Å². The summed E-state index contributed by atoms with van der Waals surface area (Å²) in [5.74, 6) is 4.78. The molecule has 0 aromatic heterocycles. The molecule has 0 aliphatic carbocycles. The lowest BCUT2D eigenvalue weighted by molar-refractivity contribution is 0.0848. The van der Waals surface area contributed by atoms with Gasteiger partial charge in [0, 0.05) is 5.56 Å². The number of hydrogen-bond acceptors (Lipinski definition) is 4. The van der Waals surface area contributed by atoms with Gasteiger partial charge in [-0.1, -0.05) is 6.07 Å². The van der Waals surface area contributed by atoms with Crippen LogP contribution in [0.2, 0.25) is 0 Å². The number of nitrogens with zero attached hydrogens (tertiary/aromatic N) is 2. The monoisotopic (exact) mass is 220 g/mol. The zero-order chi connectivity index (χ0) is 11.4. The molecule has 1 amide bonds. The fourth-order valence-corrected chi connectivity index (χ4v) is 1.04. The molecule has 0 unspecified atom stereocenters. The SMILES string of the molecule is N#Cc1cccc(C(=O)N(N)C(N)=S)c1. The summed E-state index contributed by atoms with van der Waals surface area (Å²) >= 11 is 4.55. The normalized spacial score (nSPS) is 9.07. The second-order valence-electron chi connectivity index (χ2n) is 2.71. The van der Waals surface area contributed by atoms with Gasteiger partial charge in [-0.25, -0.2) is 10.9 Å². The smallest absolute Gasteiger partial charge is 0.274 e. The minimum atomic E-state index is -0.542. The highest BCUT2D eigenvalue weighted by molar-refractivity contribution is 7.80. The molecule has 0 radical (unpaired) electrons. The van der Waals surface area contributed by atoms with Gasteiger partial charge in [0.2, 0.25) is 0 Å². The Hall–Kier alpha value is -1.97. The Morgan fingerprint density at radius 2 is 2.20 bits per heavy atom. The number of amides is 1. The third-order valence-corrected chi connectivity index (χ3v) is 1.89. The van der Waals surface area contributed by atoms with Crippen LogP contribution in [0.1, 0.15) is 15.9 Å². The van der Waals surface area contributed by atoms with E-state index < -0.39 is 5.91 Å². The topological polar surface area (TPSA) is 96.1 Å². The van der Waals surface area contributed by atoms with Crippen molar-refractivity contribution >= 4 is 23.2 Å². The quantitative estimate of drug-likeness (QED) is 0.303. The van der Waals surface area contributed by atoms with Crippen LogP contribution in [0.5, 0.6) is 0 Å². The summed E-state index contributed by atoms with van der Waals surface area (Å²) in [5.41, 5.74) is 5.83. The van der Waals surface area contributed by atoms with Crippen LogP contribution in [-0.4, -0.2) is 16.0 Å². The van der Waals surface area contributed by atoms with Gasteiger partial charge in [-0.3, -0.25) is 4.79 Å². The van der Waals surface area contributed by atoms with Gasteiger partial charge < -0.3 is 5.73 Å². The largest absolute Gasteiger partial charge is 0.375 e. The molecule has 15 heavy (non-hydrogen) atoms. The number of hydrazine groups is 1. The van der Waals surface area contributed by atoms with Crippen molar-refractivity contribution in [3.05, 3.63) is 35.4 Å². The van der Waals surface area contributed by atoms with Crippen LogP contribution in [-0.2, 0) is 0 Å². The first kappa shape index (κ1) is 11.1. The van der Waals surface area contributed by atoms with Crippen molar-refractivity contribution in [2.24, 2.45) is 11.6 Å². The molecule has 1 aromatic rings. The molecule has 0 fully saturated rings. The summed E-state index contributed by atoms with van der Waals surface area (Å²) in [6.07, 6.45) is 0. The number of nitrogens with two attached hydrogens (primary N) is 2. The maximum Gasteiger partial charge on any atom is 0.274 e. The first-order valence-electron chi connectivity index (χ1n) is 3.95. The predicted molar refractivity (Wildman–Crippen MR) is 58.3 cm³/mol. The van der Waals surface area contributed by atoms with Gasteiger partial charge in [0.1, 0.15) is 0 Å². The van der Waals surface area contributed by atoms with Crippen LogP contribution in [0.3, 0.4) is 0 Å². The Bertz CT molecular complexity index is 452. The third-order valence-electron chi connectivity index (χ3n) is 1.69. The molecule has 0 bridgehead atoms. The molecule has 76 valence electrons. The van der Waals surface area contributed by atoms with E-state index in [1.54, 1.807) is 12.1 Å². The zero-order valence-corrected chi connectivity index (χ0v) is 8.49. The van der Waals surface area contributed by atoms with E-state index >= 15 is 0 Å². The molecular formula is C9H8N4OS. The highest BCUT2D eigenvalue weighted by Crippen LogP contribution is 2.06. The van der Waals surface area contributed by atoms with Crippen LogP contribution in [0.15, 0.2) is 24.3 Å². The highest BCUT2D eigenvalue weighted by Gasteiger charge is 2.14. The maximum atomic E-state index is 11.6. The van der Waals surface area contributed by atoms with Crippen LogP contribution in [0.4, 0.5) is 0 Å². The Kier molecular flexibility index (Phi) is 3.33. The summed E-state index contributed by atoms with van der Waals surface area (Å²) in [6.45, 7) is 0. The number of thiocarbonyl (C=S) groups is 1. The molecule has 0 atom stereocenters. The number of rotatable bonds is 1. The lowest BCUT2D eigenvalue weighted by Crippen LogP contribution is -2.45. The van der Waals surface area contributed by atoms with E-state index in [9.17, 15) is 4.79 Å². The van der Waals surface area contributed by atoms with E-state index in [1.807, 2.05) is 6.07 Å². The molecule has 5 nitrogen and oxygen atoms in total. The number of benzene rings is 1. The number of nitriles is 1. The number of carbonyl (C=O) groups is 1. The summed E-state index contributed by atoms with van der Waals surface area (Å²) in [4.78, 5) is 11.6. The molecule has 0 heterocycles. The van der Waals surface area contributed by atoms with Crippen molar-refractivity contribution in [1.82, 2.24) is 5.01 Å². The van der Waals surface area contributed by atoms with Crippen LogP contribution < -0.4 is 11.6 Å². The van der Waals surface area contributed by atoms with Gasteiger partial charge >= 0.3 is 0 Å². The summed E-state index contributed by atoms with van der Waals surface area (Å²) in [7, 11) is 0.